The SMILES string of the molecule is C[N+](=CN)c1ncc(-c2cccnc2-c2cccc(C3CC3)c2)cn1. The van der Waals surface area contributed by atoms with Crippen molar-refractivity contribution >= 4 is 12.3 Å². The number of hydrogen-bond donors (Lipinski definition) is 1. The molecule has 2 heterocycles. The molecule has 0 radical (unpaired) electrons. The Morgan fingerprint density at radius 2 is 1.84 bits per heavy atom. The van der Waals surface area contributed by atoms with Crippen molar-refractivity contribution in [2.24, 2.45) is 5.73 Å². The van der Waals surface area contributed by atoms with Crippen molar-refractivity contribution in [3.8, 4) is 22.4 Å². The minimum absolute atomic E-state index is 0.562. The van der Waals surface area contributed by atoms with E-state index in [1.807, 2.05) is 31.7 Å². The second kappa shape index (κ2) is 6.43. The summed E-state index contributed by atoms with van der Waals surface area (Å²) in [5.41, 5.74) is 11.0. The molecule has 2 aromatic heterocycles. The lowest BCUT2D eigenvalue weighted by Crippen LogP contribution is -2.09. The normalized spacial score (nSPS) is 14.5. The molecule has 0 aliphatic heterocycles. The van der Waals surface area contributed by atoms with Crippen LogP contribution in [0.4, 0.5) is 5.95 Å². The van der Waals surface area contributed by atoms with Crippen LogP contribution in [0.2, 0.25) is 0 Å². The third kappa shape index (κ3) is 3.13. The van der Waals surface area contributed by atoms with Gasteiger partial charge in [0.2, 0.25) is 0 Å². The zero-order valence-electron chi connectivity index (χ0n) is 14.1. The fraction of sp³-hybridized carbons (Fsp3) is 0.200. The summed E-state index contributed by atoms with van der Waals surface area (Å²) in [4.78, 5) is 13.4. The summed E-state index contributed by atoms with van der Waals surface area (Å²) in [6, 6.07) is 12.7. The number of pyridine rings is 1. The number of nitrogens with two attached hydrogens (primary N) is 1. The van der Waals surface area contributed by atoms with Crippen molar-refractivity contribution in [1.82, 2.24) is 15.0 Å². The van der Waals surface area contributed by atoms with Gasteiger partial charge >= 0.3 is 5.95 Å². The van der Waals surface area contributed by atoms with Crippen molar-refractivity contribution in [3.05, 3.63) is 60.6 Å². The summed E-state index contributed by atoms with van der Waals surface area (Å²) in [6.07, 6.45) is 9.48. The second-order valence-electron chi connectivity index (χ2n) is 6.33. The second-order valence-corrected chi connectivity index (χ2v) is 6.33. The fourth-order valence-electron chi connectivity index (χ4n) is 2.93. The highest BCUT2D eigenvalue weighted by Gasteiger charge is 2.24. The maximum absolute atomic E-state index is 5.51. The van der Waals surface area contributed by atoms with Gasteiger partial charge in [-0.05, 0) is 36.5 Å². The lowest BCUT2D eigenvalue weighted by Gasteiger charge is -2.09. The lowest BCUT2D eigenvalue weighted by atomic mass is 9.99. The highest BCUT2D eigenvalue weighted by atomic mass is 15.2. The minimum atomic E-state index is 0.562. The van der Waals surface area contributed by atoms with Gasteiger partial charge < -0.3 is 5.73 Å². The molecule has 0 atom stereocenters. The number of rotatable bonds is 4. The molecule has 2 N–H and O–H groups in total. The van der Waals surface area contributed by atoms with Crippen LogP contribution in [0.3, 0.4) is 0 Å². The number of hydrogen-bond acceptors (Lipinski definition) is 3. The zero-order valence-corrected chi connectivity index (χ0v) is 14.1. The van der Waals surface area contributed by atoms with Crippen LogP contribution < -0.4 is 5.73 Å². The van der Waals surface area contributed by atoms with Crippen molar-refractivity contribution in [1.29, 1.82) is 0 Å². The van der Waals surface area contributed by atoms with E-state index in [0.29, 0.717) is 5.95 Å². The monoisotopic (exact) mass is 330 g/mol. The van der Waals surface area contributed by atoms with Gasteiger partial charge in [-0.25, -0.2) is 4.58 Å². The molecule has 0 amide bonds. The number of aromatic nitrogens is 3. The van der Waals surface area contributed by atoms with E-state index in [2.05, 4.69) is 45.3 Å². The largest absolute Gasteiger partial charge is 0.384 e. The topological polar surface area (TPSA) is 67.7 Å². The maximum Gasteiger partial charge on any atom is 0.384 e. The quantitative estimate of drug-likeness (QED) is 0.452. The fourth-order valence-corrected chi connectivity index (χ4v) is 2.93. The van der Waals surface area contributed by atoms with Crippen LogP contribution in [-0.4, -0.2) is 32.9 Å². The molecule has 25 heavy (non-hydrogen) atoms. The first-order valence-electron chi connectivity index (χ1n) is 8.42. The van der Waals surface area contributed by atoms with Gasteiger partial charge in [-0.15, -0.1) is 9.97 Å². The smallest absolute Gasteiger partial charge is 0.341 e. The Labute approximate surface area is 146 Å². The Balaban J connectivity index is 1.75. The molecule has 0 bridgehead atoms. The van der Waals surface area contributed by atoms with E-state index in [-0.39, 0.29) is 0 Å². The molecule has 1 aliphatic rings. The predicted molar refractivity (Wildman–Crippen MR) is 98.8 cm³/mol. The number of nitrogens with zero attached hydrogens (tertiary/aromatic N) is 4. The van der Waals surface area contributed by atoms with Gasteiger partial charge in [0.1, 0.15) is 0 Å². The van der Waals surface area contributed by atoms with Crippen LogP contribution in [0.25, 0.3) is 22.4 Å². The van der Waals surface area contributed by atoms with Gasteiger partial charge in [0.05, 0.1) is 25.1 Å². The van der Waals surface area contributed by atoms with E-state index in [1.54, 1.807) is 4.58 Å². The first-order valence-corrected chi connectivity index (χ1v) is 8.42. The molecule has 5 heteroatoms. The molecule has 0 spiro atoms. The van der Waals surface area contributed by atoms with Crippen LogP contribution in [0.15, 0.2) is 55.0 Å². The highest BCUT2D eigenvalue weighted by Crippen LogP contribution is 2.41. The van der Waals surface area contributed by atoms with Gasteiger partial charge in [0.25, 0.3) is 0 Å². The number of benzene rings is 1. The first kappa shape index (κ1) is 15.4. The summed E-state index contributed by atoms with van der Waals surface area (Å²) in [6.45, 7) is 0. The van der Waals surface area contributed by atoms with Crippen molar-refractivity contribution in [2.45, 2.75) is 18.8 Å². The van der Waals surface area contributed by atoms with Gasteiger partial charge in [0, 0.05) is 22.9 Å². The van der Waals surface area contributed by atoms with Crippen LogP contribution in [-0.2, 0) is 0 Å². The van der Waals surface area contributed by atoms with Crippen LogP contribution in [0, 0.1) is 0 Å². The van der Waals surface area contributed by atoms with E-state index in [1.165, 1.54) is 24.7 Å². The van der Waals surface area contributed by atoms with E-state index in [4.69, 9.17) is 5.73 Å². The van der Waals surface area contributed by atoms with Gasteiger partial charge in [-0.2, -0.15) is 0 Å². The first-order chi connectivity index (χ1) is 12.3. The zero-order chi connectivity index (χ0) is 17.2. The van der Waals surface area contributed by atoms with Crippen molar-refractivity contribution in [2.75, 3.05) is 7.05 Å². The molecule has 1 aromatic carbocycles. The van der Waals surface area contributed by atoms with E-state index >= 15 is 0 Å². The van der Waals surface area contributed by atoms with Gasteiger partial charge in [0.15, 0.2) is 6.34 Å². The van der Waals surface area contributed by atoms with Crippen molar-refractivity contribution < 1.29 is 4.58 Å². The van der Waals surface area contributed by atoms with Gasteiger partial charge in [-0.1, -0.05) is 24.3 Å². The molecule has 124 valence electrons. The van der Waals surface area contributed by atoms with Crippen molar-refractivity contribution in [3.63, 3.8) is 0 Å². The molecular weight excluding hydrogens is 310 g/mol. The Morgan fingerprint density at radius 1 is 1.04 bits per heavy atom. The summed E-state index contributed by atoms with van der Waals surface area (Å²) in [5, 5.41) is 0. The lowest BCUT2D eigenvalue weighted by molar-refractivity contribution is -0.409. The van der Waals surface area contributed by atoms with Crippen LogP contribution in [0.5, 0.6) is 0 Å². The molecule has 1 fully saturated rings. The third-order valence-corrected chi connectivity index (χ3v) is 4.50. The summed E-state index contributed by atoms with van der Waals surface area (Å²) in [7, 11) is 1.81. The van der Waals surface area contributed by atoms with Crippen LogP contribution in [0.1, 0.15) is 24.3 Å². The van der Waals surface area contributed by atoms with E-state index < -0.39 is 0 Å². The summed E-state index contributed by atoms with van der Waals surface area (Å²) >= 11 is 0. The Hall–Kier alpha value is -3.08. The molecule has 3 aromatic rings. The molecule has 1 aliphatic carbocycles. The Kier molecular flexibility index (Phi) is 3.98. The summed E-state index contributed by atoms with van der Waals surface area (Å²) < 4.78 is 1.67. The highest BCUT2D eigenvalue weighted by molar-refractivity contribution is 5.80. The average molecular weight is 330 g/mol. The molecular formula is C20H20N5+. The standard InChI is InChI=1S/C20H19N5/c1-25(13-21)20-23-11-17(12-24-20)18-6-3-9-22-19(18)16-5-2-4-15(10-16)14-7-8-14/h2-6,9-14,21H,7-8H2,1H3/p+1. The molecule has 0 unspecified atom stereocenters. The van der Waals surface area contributed by atoms with Gasteiger partial charge in [-0.3, -0.25) is 4.98 Å². The molecule has 0 saturated heterocycles. The average Bonchev–Trinajstić information content (AvgIpc) is 3.53. The molecule has 4 rings (SSSR count). The third-order valence-electron chi connectivity index (χ3n) is 4.50. The summed E-state index contributed by atoms with van der Waals surface area (Å²) in [5.74, 6) is 1.28. The Morgan fingerprint density at radius 3 is 2.56 bits per heavy atom. The maximum atomic E-state index is 5.51. The van der Waals surface area contributed by atoms with E-state index in [0.717, 1.165) is 28.3 Å². The van der Waals surface area contributed by atoms with Crippen LogP contribution >= 0.6 is 0 Å². The molecule has 5 nitrogen and oxygen atoms in total. The van der Waals surface area contributed by atoms with E-state index in [9.17, 15) is 0 Å². The predicted octanol–water partition coefficient (Wildman–Crippen LogP) is 3.34. The Bertz CT molecular complexity index is 927. The molecule has 1 saturated carbocycles. The minimum Gasteiger partial charge on any atom is -0.341 e.